The van der Waals surface area contributed by atoms with Crippen molar-refractivity contribution in [3.05, 3.63) is 0 Å². The van der Waals surface area contributed by atoms with Gasteiger partial charge in [-0.05, 0) is 26.7 Å². The number of alkyl halides is 1. The van der Waals surface area contributed by atoms with Gasteiger partial charge in [-0.15, -0.1) is 0 Å². The summed E-state index contributed by atoms with van der Waals surface area (Å²) in [6, 6.07) is 0. The Kier molecular flexibility index (Phi) is 4.89. The summed E-state index contributed by atoms with van der Waals surface area (Å²) in [5.41, 5.74) is 0. The number of likely N-dealkylation sites (tertiary alicyclic amines) is 1. The molecule has 0 aromatic heterocycles. The molecule has 1 heterocycles. The van der Waals surface area contributed by atoms with Crippen LogP contribution in [-0.4, -0.2) is 41.4 Å². The van der Waals surface area contributed by atoms with Gasteiger partial charge in [-0.1, -0.05) is 15.9 Å². The molecular weight excluding hydrogens is 246 g/mol. The number of hydrogen-bond acceptors (Lipinski definition) is 2. The zero-order chi connectivity index (χ0) is 10.6. The topological polar surface area (TPSA) is 29.5 Å². The molecule has 14 heavy (non-hydrogen) atoms. The highest BCUT2D eigenvalue weighted by atomic mass is 79.9. The molecule has 1 atom stereocenters. The molecule has 3 nitrogen and oxygen atoms in total. The molecule has 82 valence electrons. The van der Waals surface area contributed by atoms with Gasteiger partial charge < -0.3 is 9.64 Å². The summed E-state index contributed by atoms with van der Waals surface area (Å²) in [6.45, 7) is 6.32. The largest absolute Gasteiger partial charge is 0.378 e. The minimum absolute atomic E-state index is 0.0638. The summed E-state index contributed by atoms with van der Waals surface area (Å²) < 4.78 is 5.52. The molecule has 0 radical (unpaired) electrons. The van der Waals surface area contributed by atoms with E-state index in [-0.39, 0.29) is 10.7 Å². The summed E-state index contributed by atoms with van der Waals surface area (Å²) in [7, 11) is 0. The number of rotatable bonds is 3. The van der Waals surface area contributed by atoms with Gasteiger partial charge in [0.1, 0.15) is 0 Å². The zero-order valence-electron chi connectivity index (χ0n) is 8.83. The molecule has 4 heteroatoms. The second-order valence-corrected chi connectivity index (χ2v) is 4.97. The Bertz CT molecular complexity index is 189. The standard InChI is InChI=1S/C10H18BrNO2/c1-3-14-9-4-6-12(7-5-9)10(13)8(2)11/h8-9H,3-7H2,1-2H3. The van der Waals surface area contributed by atoms with Crippen molar-refractivity contribution < 1.29 is 9.53 Å². The molecule has 0 aromatic carbocycles. The van der Waals surface area contributed by atoms with E-state index in [1.54, 1.807) is 0 Å². The van der Waals surface area contributed by atoms with Crippen molar-refractivity contribution in [2.75, 3.05) is 19.7 Å². The summed E-state index contributed by atoms with van der Waals surface area (Å²) in [6.07, 6.45) is 2.30. The van der Waals surface area contributed by atoms with Crippen LogP contribution in [0.4, 0.5) is 0 Å². The Morgan fingerprint density at radius 3 is 2.57 bits per heavy atom. The van der Waals surface area contributed by atoms with Crippen LogP contribution >= 0.6 is 15.9 Å². The van der Waals surface area contributed by atoms with E-state index in [1.165, 1.54) is 0 Å². The van der Waals surface area contributed by atoms with E-state index < -0.39 is 0 Å². The molecule has 1 aliphatic heterocycles. The molecule has 1 unspecified atom stereocenters. The number of hydrogen-bond donors (Lipinski definition) is 0. The SMILES string of the molecule is CCOC1CCN(C(=O)C(C)Br)CC1. The quantitative estimate of drug-likeness (QED) is 0.727. The zero-order valence-corrected chi connectivity index (χ0v) is 10.4. The number of carbonyl (C=O) groups is 1. The maximum atomic E-state index is 11.6. The summed E-state index contributed by atoms with van der Waals surface area (Å²) >= 11 is 3.30. The van der Waals surface area contributed by atoms with Crippen LogP contribution in [0.15, 0.2) is 0 Å². The van der Waals surface area contributed by atoms with Crippen LogP contribution < -0.4 is 0 Å². The van der Waals surface area contributed by atoms with Crippen LogP contribution in [0.2, 0.25) is 0 Å². The first kappa shape index (κ1) is 12.0. The third-order valence-electron chi connectivity index (χ3n) is 2.50. The van der Waals surface area contributed by atoms with Crippen molar-refractivity contribution >= 4 is 21.8 Å². The Hall–Kier alpha value is -0.0900. The third-order valence-corrected chi connectivity index (χ3v) is 2.89. The molecule has 1 aliphatic rings. The lowest BCUT2D eigenvalue weighted by Crippen LogP contribution is -2.43. The lowest BCUT2D eigenvalue weighted by atomic mass is 10.1. The van der Waals surface area contributed by atoms with Gasteiger partial charge in [-0.3, -0.25) is 4.79 Å². The van der Waals surface area contributed by atoms with Crippen LogP contribution in [-0.2, 0) is 9.53 Å². The van der Waals surface area contributed by atoms with Gasteiger partial charge in [0.2, 0.25) is 5.91 Å². The normalized spacial score (nSPS) is 20.9. The fraction of sp³-hybridized carbons (Fsp3) is 0.900. The first-order chi connectivity index (χ1) is 6.65. The Morgan fingerprint density at radius 2 is 2.14 bits per heavy atom. The van der Waals surface area contributed by atoms with Gasteiger partial charge in [0.25, 0.3) is 0 Å². The average Bonchev–Trinajstić information content (AvgIpc) is 2.18. The van der Waals surface area contributed by atoms with Crippen LogP contribution in [0.5, 0.6) is 0 Å². The molecule has 0 bridgehead atoms. The number of nitrogens with zero attached hydrogens (tertiary/aromatic N) is 1. The number of piperidine rings is 1. The lowest BCUT2D eigenvalue weighted by Gasteiger charge is -2.32. The second-order valence-electron chi connectivity index (χ2n) is 3.60. The highest BCUT2D eigenvalue weighted by Gasteiger charge is 2.24. The Balaban J connectivity index is 2.32. The fourth-order valence-corrected chi connectivity index (χ4v) is 2.02. The van der Waals surface area contributed by atoms with E-state index in [4.69, 9.17) is 4.74 Å². The second kappa shape index (κ2) is 5.71. The van der Waals surface area contributed by atoms with Crippen LogP contribution in [0.3, 0.4) is 0 Å². The molecule has 1 fully saturated rings. The van der Waals surface area contributed by atoms with E-state index in [1.807, 2.05) is 18.7 Å². The van der Waals surface area contributed by atoms with Crippen molar-refractivity contribution in [3.8, 4) is 0 Å². The van der Waals surface area contributed by atoms with Crippen LogP contribution in [0.1, 0.15) is 26.7 Å². The van der Waals surface area contributed by atoms with E-state index in [2.05, 4.69) is 15.9 Å². The molecule has 0 spiro atoms. The molecule has 1 amide bonds. The van der Waals surface area contributed by atoms with Gasteiger partial charge in [0.15, 0.2) is 0 Å². The summed E-state index contributed by atoms with van der Waals surface area (Å²) in [5, 5.41) is 0. The number of amides is 1. The van der Waals surface area contributed by atoms with E-state index in [9.17, 15) is 4.79 Å². The highest BCUT2D eigenvalue weighted by molar-refractivity contribution is 9.10. The molecule has 0 aromatic rings. The first-order valence-corrected chi connectivity index (χ1v) is 6.11. The predicted molar refractivity (Wildman–Crippen MR) is 59.6 cm³/mol. The average molecular weight is 264 g/mol. The van der Waals surface area contributed by atoms with Crippen molar-refractivity contribution in [1.82, 2.24) is 4.90 Å². The van der Waals surface area contributed by atoms with Gasteiger partial charge in [0, 0.05) is 19.7 Å². The van der Waals surface area contributed by atoms with Gasteiger partial charge in [-0.25, -0.2) is 0 Å². The fourth-order valence-electron chi connectivity index (χ4n) is 1.73. The lowest BCUT2D eigenvalue weighted by molar-refractivity contribution is -0.132. The Morgan fingerprint density at radius 1 is 1.57 bits per heavy atom. The van der Waals surface area contributed by atoms with E-state index in [0.717, 1.165) is 32.5 Å². The van der Waals surface area contributed by atoms with Crippen molar-refractivity contribution in [2.45, 2.75) is 37.6 Å². The highest BCUT2D eigenvalue weighted by Crippen LogP contribution is 2.15. The number of ether oxygens (including phenoxy) is 1. The number of halogens is 1. The maximum Gasteiger partial charge on any atom is 0.236 e. The van der Waals surface area contributed by atoms with Crippen LogP contribution in [0.25, 0.3) is 0 Å². The molecular formula is C10H18BrNO2. The molecule has 1 saturated heterocycles. The summed E-state index contributed by atoms with van der Waals surface area (Å²) in [4.78, 5) is 13.4. The Labute approximate surface area is 93.9 Å². The third kappa shape index (κ3) is 3.24. The maximum absolute atomic E-state index is 11.6. The van der Waals surface area contributed by atoms with Gasteiger partial charge >= 0.3 is 0 Å². The molecule has 0 saturated carbocycles. The van der Waals surface area contributed by atoms with E-state index in [0.29, 0.717) is 6.10 Å². The van der Waals surface area contributed by atoms with Crippen LogP contribution in [0, 0.1) is 0 Å². The van der Waals surface area contributed by atoms with Crippen molar-refractivity contribution in [1.29, 1.82) is 0 Å². The minimum Gasteiger partial charge on any atom is -0.378 e. The van der Waals surface area contributed by atoms with Gasteiger partial charge in [0.05, 0.1) is 10.9 Å². The van der Waals surface area contributed by atoms with Gasteiger partial charge in [-0.2, -0.15) is 0 Å². The first-order valence-electron chi connectivity index (χ1n) is 5.19. The van der Waals surface area contributed by atoms with Crippen molar-refractivity contribution in [3.63, 3.8) is 0 Å². The smallest absolute Gasteiger partial charge is 0.236 e. The molecule has 0 aliphatic carbocycles. The minimum atomic E-state index is -0.0638. The molecule has 0 N–H and O–H groups in total. The monoisotopic (exact) mass is 263 g/mol. The summed E-state index contributed by atoms with van der Waals surface area (Å²) in [5.74, 6) is 0.194. The van der Waals surface area contributed by atoms with E-state index >= 15 is 0 Å². The number of carbonyl (C=O) groups excluding carboxylic acids is 1. The van der Waals surface area contributed by atoms with Crippen molar-refractivity contribution in [2.24, 2.45) is 0 Å². The molecule has 1 rings (SSSR count). The predicted octanol–water partition coefficient (Wildman–Crippen LogP) is 1.80.